The molecule has 0 bridgehead atoms. The molecule has 4 nitrogen and oxygen atoms in total. The minimum absolute atomic E-state index is 0.0140. The minimum atomic E-state index is -0.281. The molecule has 25 heavy (non-hydrogen) atoms. The van der Waals surface area contributed by atoms with E-state index >= 15 is 0 Å². The fourth-order valence-corrected chi connectivity index (χ4v) is 3.15. The molecule has 1 aliphatic rings. The molecule has 4 heteroatoms. The zero-order valence-electron chi connectivity index (χ0n) is 14.7. The van der Waals surface area contributed by atoms with E-state index in [1.807, 2.05) is 49.4 Å². The molecule has 1 fully saturated rings. The Hall–Kier alpha value is -2.62. The normalized spacial score (nSPS) is 18.2. The summed E-state index contributed by atoms with van der Waals surface area (Å²) in [5, 5.41) is 3.01. The standard InChI is InChI=1S/C21H24N2O2/c1-15-8-10-19(11-9-15)23-14-18(12-20(23)24)21(25)22-13-16(2)17-6-4-3-5-7-17/h3-11,16,18H,12-14H2,1-2H3,(H,22,25)/t16-,18-/m1/s1. The Morgan fingerprint density at radius 1 is 1.16 bits per heavy atom. The molecule has 0 radical (unpaired) electrons. The molecule has 0 unspecified atom stereocenters. The fourth-order valence-electron chi connectivity index (χ4n) is 3.15. The van der Waals surface area contributed by atoms with Crippen LogP contribution in [-0.2, 0) is 9.59 Å². The molecule has 1 heterocycles. The van der Waals surface area contributed by atoms with Crippen LogP contribution in [0.5, 0.6) is 0 Å². The summed E-state index contributed by atoms with van der Waals surface area (Å²) in [6.45, 7) is 5.14. The van der Waals surface area contributed by atoms with Crippen molar-refractivity contribution in [2.45, 2.75) is 26.2 Å². The van der Waals surface area contributed by atoms with Gasteiger partial charge in [-0.2, -0.15) is 0 Å². The van der Waals surface area contributed by atoms with E-state index in [-0.39, 0.29) is 30.1 Å². The van der Waals surface area contributed by atoms with E-state index in [1.165, 1.54) is 5.56 Å². The van der Waals surface area contributed by atoms with E-state index in [4.69, 9.17) is 0 Å². The molecule has 2 aromatic carbocycles. The molecule has 2 aromatic rings. The Bertz CT molecular complexity index is 740. The second kappa shape index (κ2) is 7.51. The van der Waals surface area contributed by atoms with E-state index in [0.717, 1.165) is 11.3 Å². The SMILES string of the molecule is Cc1ccc(N2C[C@H](C(=O)NC[C@@H](C)c3ccccc3)CC2=O)cc1. The summed E-state index contributed by atoms with van der Waals surface area (Å²) in [6.07, 6.45) is 0.277. The monoisotopic (exact) mass is 336 g/mol. The summed E-state index contributed by atoms with van der Waals surface area (Å²) < 4.78 is 0. The van der Waals surface area contributed by atoms with E-state index in [2.05, 4.69) is 24.4 Å². The lowest BCUT2D eigenvalue weighted by atomic mass is 10.0. The largest absolute Gasteiger partial charge is 0.355 e. The zero-order valence-corrected chi connectivity index (χ0v) is 14.7. The molecule has 0 aromatic heterocycles. The van der Waals surface area contributed by atoms with Gasteiger partial charge >= 0.3 is 0 Å². The number of benzene rings is 2. The Kier molecular flexibility index (Phi) is 5.17. The third-order valence-electron chi connectivity index (χ3n) is 4.79. The second-order valence-corrected chi connectivity index (χ2v) is 6.80. The van der Waals surface area contributed by atoms with Crippen LogP contribution in [0.15, 0.2) is 54.6 Å². The van der Waals surface area contributed by atoms with Crippen LogP contribution in [0, 0.1) is 12.8 Å². The quantitative estimate of drug-likeness (QED) is 0.911. The number of nitrogens with zero attached hydrogens (tertiary/aromatic N) is 1. The van der Waals surface area contributed by atoms with Gasteiger partial charge in [-0.1, -0.05) is 55.0 Å². The lowest BCUT2D eigenvalue weighted by Crippen LogP contribution is -2.35. The molecular weight excluding hydrogens is 312 g/mol. The Morgan fingerprint density at radius 3 is 2.52 bits per heavy atom. The van der Waals surface area contributed by atoms with Gasteiger partial charge in [-0.3, -0.25) is 9.59 Å². The molecule has 130 valence electrons. The molecule has 0 aliphatic carbocycles. The summed E-state index contributed by atoms with van der Waals surface area (Å²) in [6, 6.07) is 18.0. The predicted molar refractivity (Wildman–Crippen MR) is 99.5 cm³/mol. The number of carbonyl (C=O) groups excluding carboxylic acids is 2. The van der Waals surface area contributed by atoms with Gasteiger partial charge in [-0.25, -0.2) is 0 Å². The molecule has 0 spiro atoms. The molecule has 1 aliphatic heterocycles. The summed E-state index contributed by atoms with van der Waals surface area (Å²) in [7, 11) is 0. The first-order valence-electron chi connectivity index (χ1n) is 8.74. The maximum Gasteiger partial charge on any atom is 0.227 e. The molecule has 0 saturated carbocycles. The van der Waals surface area contributed by atoms with E-state index in [0.29, 0.717) is 13.1 Å². The van der Waals surface area contributed by atoms with Crippen LogP contribution in [0.2, 0.25) is 0 Å². The van der Waals surface area contributed by atoms with Crippen molar-refractivity contribution in [2.24, 2.45) is 5.92 Å². The van der Waals surface area contributed by atoms with Crippen LogP contribution in [0.25, 0.3) is 0 Å². The first kappa shape index (κ1) is 17.2. The third kappa shape index (κ3) is 4.08. The Morgan fingerprint density at radius 2 is 1.84 bits per heavy atom. The van der Waals surface area contributed by atoms with Gasteiger partial charge in [0.2, 0.25) is 11.8 Å². The van der Waals surface area contributed by atoms with Gasteiger partial charge in [0.15, 0.2) is 0 Å². The molecule has 1 saturated heterocycles. The van der Waals surface area contributed by atoms with Crippen molar-refractivity contribution in [3.05, 3.63) is 65.7 Å². The number of nitrogens with one attached hydrogen (secondary N) is 1. The first-order valence-corrected chi connectivity index (χ1v) is 8.74. The van der Waals surface area contributed by atoms with Gasteiger partial charge in [-0.05, 0) is 30.5 Å². The first-order chi connectivity index (χ1) is 12.0. The van der Waals surface area contributed by atoms with Crippen LogP contribution in [0.4, 0.5) is 5.69 Å². The van der Waals surface area contributed by atoms with E-state index in [1.54, 1.807) is 4.90 Å². The number of hydrogen-bond acceptors (Lipinski definition) is 2. The van der Waals surface area contributed by atoms with Crippen LogP contribution in [0.1, 0.15) is 30.4 Å². The topological polar surface area (TPSA) is 49.4 Å². The highest BCUT2D eigenvalue weighted by Crippen LogP contribution is 2.25. The van der Waals surface area contributed by atoms with Crippen molar-refractivity contribution in [3.63, 3.8) is 0 Å². The van der Waals surface area contributed by atoms with Gasteiger partial charge in [0.1, 0.15) is 0 Å². The van der Waals surface area contributed by atoms with Crippen molar-refractivity contribution in [2.75, 3.05) is 18.0 Å². The molecular formula is C21H24N2O2. The number of aryl methyl sites for hydroxylation is 1. The number of rotatable bonds is 5. The predicted octanol–water partition coefficient (Wildman–Crippen LogP) is 3.27. The molecule has 3 rings (SSSR count). The van der Waals surface area contributed by atoms with Crippen LogP contribution >= 0.6 is 0 Å². The van der Waals surface area contributed by atoms with Crippen molar-refractivity contribution in [1.82, 2.24) is 5.32 Å². The maximum absolute atomic E-state index is 12.5. The average molecular weight is 336 g/mol. The van der Waals surface area contributed by atoms with E-state index in [9.17, 15) is 9.59 Å². The second-order valence-electron chi connectivity index (χ2n) is 6.80. The maximum atomic E-state index is 12.5. The number of anilines is 1. The van der Waals surface area contributed by atoms with Crippen LogP contribution < -0.4 is 10.2 Å². The lowest BCUT2D eigenvalue weighted by molar-refractivity contribution is -0.126. The number of carbonyl (C=O) groups is 2. The summed E-state index contributed by atoms with van der Waals surface area (Å²) in [5.41, 5.74) is 3.22. The molecule has 1 N–H and O–H groups in total. The highest BCUT2D eigenvalue weighted by molar-refractivity contribution is 6.00. The van der Waals surface area contributed by atoms with E-state index < -0.39 is 0 Å². The highest BCUT2D eigenvalue weighted by atomic mass is 16.2. The highest BCUT2D eigenvalue weighted by Gasteiger charge is 2.35. The minimum Gasteiger partial charge on any atom is -0.355 e. The van der Waals surface area contributed by atoms with Crippen LogP contribution in [0.3, 0.4) is 0 Å². The molecule has 2 atom stereocenters. The fraction of sp³-hybridized carbons (Fsp3) is 0.333. The average Bonchev–Trinajstić information content (AvgIpc) is 3.02. The lowest BCUT2D eigenvalue weighted by Gasteiger charge is -2.18. The Labute approximate surface area is 148 Å². The van der Waals surface area contributed by atoms with Gasteiger partial charge in [0, 0.05) is 25.2 Å². The van der Waals surface area contributed by atoms with Crippen molar-refractivity contribution >= 4 is 17.5 Å². The third-order valence-corrected chi connectivity index (χ3v) is 4.79. The Balaban J connectivity index is 1.56. The summed E-state index contributed by atoms with van der Waals surface area (Å²) in [5.74, 6) is -0.0573. The van der Waals surface area contributed by atoms with Crippen molar-refractivity contribution < 1.29 is 9.59 Å². The summed E-state index contributed by atoms with van der Waals surface area (Å²) in [4.78, 5) is 26.5. The van der Waals surface area contributed by atoms with Gasteiger partial charge in [0.25, 0.3) is 0 Å². The van der Waals surface area contributed by atoms with Gasteiger partial charge in [-0.15, -0.1) is 0 Å². The number of amides is 2. The van der Waals surface area contributed by atoms with Crippen molar-refractivity contribution in [3.8, 4) is 0 Å². The van der Waals surface area contributed by atoms with Gasteiger partial charge < -0.3 is 10.2 Å². The summed E-state index contributed by atoms with van der Waals surface area (Å²) >= 11 is 0. The van der Waals surface area contributed by atoms with Gasteiger partial charge in [0.05, 0.1) is 5.92 Å². The smallest absolute Gasteiger partial charge is 0.227 e. The molecule has 2 amide bonds. The number of hydrogen-bond donors (Lipinski definition) is 1. The zero-order chi connectivity index (χ0) is 17.8. The van der Waals surface area contributed by atoms with Crippen molar-refractivity contribution in [1.29, 1.82) is 0 Å². The van der Waals surface area contributed by atoms with Crippen LogP contribution in [-0.4, -0.2) is 24.9 Å².